The molecule has 0 bridgehead atoms. The number of ether oxygens (including phenoxy) is 2. The zero-order chi connectivity index (χ0) is 25.4. The Bertz CT molecular complexity index is 1280. The SMILES string of the molecule is COc1ccc(-n2c(C)cc(/C=C(/C#N)C(=O)OCC(=O)NC(=O)NCc3ccco3)c2C)cc1. The number of methoxy groups -OCH3 is 1. The van der Waals surface area contributed by atoms with E-state index in [1.54, 1.807) is 25.3 Å². The number of aryl methyl sites for hydroxylation is 1. The van der Waals surface area contributed by atoms with E-state index in [0.29, 0.717) is 11.3 Å². The highest BCUT2D eigenvalue weighted by Crippen LogP contribution is 2.24. The molecule has 0 radical (unpaired) electrons. The molecule has 2 aromatic heterocycles. The van der Waals surface area contributed by atoms with E-state index in [1.807, 2.05) is 54.1 Å². The van der Waals surface area contributed by atoms with Crippen LogP contribution < -0.4 is 15.4 Å². The van der Waals surface area contributed by atoms with Crippen LogP contribution in [0, 0.1) is 25.2 Å². The van der Waals surface area contributed by atoms with Gasteiger partial charge in [-0.1, -0.05) is 0 Å². The summed E-state index contributed by atoms with van der Waals surface area (Å²) >= 11 is 0. The number of furan rings is 1. The molecule has 0 spiro atoms. The van der Waals surface area contributed by atoms with Crippen molar-refractivity contribution in [3.05, 3.63) is 77.0 Å². The summed E-state index contributed by atoms with van der Waals surface area (Å²) in [6.07, 6.45) is 2.86. The first-order valence-corrected chi connectivity index (χ1v) is 10.5. The van der Waals surface area contributed by atoms with E-state index in [1.165, 1.54) is 12.3 Å². The van der Waals surface area contributed by atoms with Crippen LogP contribution in [0.2, 0.25) is 0 Å². The van der Waals surface area contributed by atoms with E-state index in [2.05, 4.69) is 5.32 Å². The Morgan fingerprint density at radius 2 is 1.91 bits per heavy atom. The van der Waals surface area contributed by atoms with Gasteiger partial charge in [0, 0.05) is 17.1 Å². The zero-order valence-electron chi connectivity index (χ0n) is 19.5. The van der Waals surface area contributed by atoms with Crippen LogP contribution in [0.15, 0.2) is 58.7 Å². The van der Waals surface area contributed by atoms with Crippen molar-refractivity contribution >= 4 is 24.0 Å². The van der Waals surface area contributed by atoms with E-state index in [0.717, 1.165) is 22.8 Å². The highest BCUT2D eigenvalue weighted by molar-refractivity contribution is 6.00. The number of imide groups is 1. The minimum Gasteiger partial charge on any atom is -0.497 e. The minimum atomic E-state index is -0.979. The lowest BCUT2D eigenvalue weighted by molar-refractivity contribution is -0.144. The van der Waals surface area contributed by atoms with E-state index < -0.39 is 24.5 Å². The van der Waals surface area contributed by atoms with Crippen molar-refractivity contribution in [1.29, 1.82) is 5.26 Å². The number of nitriles is 1. The van der Waals surface area contributed by atoms with Crippen molar-refractivity contribution in [3.8, 4) is 17.5 Å². The molecule has 10 nitrogen and oxygen atoms in total. The number of nitrogens with one attached hydrogen (secondary N) is 2. The average Bonchev–Trinajstić information content (AvgIpc) is 3.47. The summed E-state index contributed by atoms with van der Waals surface area (Å²) in [6, 6.07) is 13.7. The predicted molar refractivity (Wildman–Crippen MR) is 125 cm³/mol. The molecule has 3 aromatic rings. The van der Waals surface area contributed by atoms with Gasteiger partial charge in [-0.25, -0.2) is 9.59 Å². The van der Waals surface area contributed by atoms with Gasteiger partial charge < -0.3 is 23.8 Å². The second-order valence-electron chi connectivity index (χ2n) is 7.42. The molecule has 0 saturated carbocycles. The predicted octanol–water partition coefficient (Wildman–Crippen LogP) is 3.17. The number of urea groups is 1. The van der Waals surface area contributed by atoms with Crippen LogP contribution in [-0.4, -0.2) is 36.2 Å². The number of amides is 3. The van der Waals surface area contributed by atoms with Crippen LogP contribution in [0.5, 0.6) is 5.75 Å². The fourth-order valence-corrected chi connectivity index (χ4v) is 3.35. The van der Waals surface area contributed by atoms with Gasteiger partial charge in [0.15, 0.2) is 6.61 Å². The molecule has 3 rings (SSSR count). The lowest BCUT2D eigenvalue weighted by atomic mass is 10.1. The van der Waals surface area contributed by atoms with Gasteiger partial charge in [0.25, 0.3) is 5.91 Å². The number of hydrogen-bond donors (Lipinski definition) is 2. The normalized spacial score (nSPS) is 10.9. The molecule has 0 aliphatic heterocycles. The van der Waals surface area contributed by atoms with E-state index in [9.17, 15) is 19.6 Å². The van der Waals surface area contributed by atoms with Crippen molar-refractivity contribution < 1.29 is 28.3 Å². The summed E-state index contributed by atoms with van der Waals surface area (Å²) < 4.78 is 17.1. The van der Waals surface area contributed by atoms with Crippen LogP contribution in [0.25, 0.3) is 11.8 Å². The minimum absolute atomic E-state index is 0.0855. The van der Waals surface area contributed by atoms with Gasteiger partial charge >= 0.3 is 12.0 Å². The van der Waals surface area contributed by atoms with Gasteiger partial charge in [-0.05, 0) is 68.0 Å². The van der Waals surface area contributed by atoms with Gasteiger partial charge in [0.1, 0.15) is 23.2 Å². The fraction of sp³-hybridized carbons (Fsp3) is 0.200. The number of esters is 1. The number of carbonyl (C=O) groups excluding carboxylic acids is 3. The molecule has 1 aromatic carbocycles. The first-order valence-electron chi connectivity index (χ1n) is 10.5. The highest BCUT2D eigenvalue weighted by atomic mass is 16.5. The lowest BCUT2D eigenvalue weighted by Crippen LogP contribution is -2.41. The number of hydrogen-bond acceptors (Lipinski definition) is 7. The maximum Gasteiger partial charge on any atom is 0.349 e. The number of aromatic nitrogens is 1. The molecule has 0 fully saturated rings. The van der Waals surface area contributed by atoms with Gasteiger partial charge in [0.05, 0.1) is 19.9 Å². The van der Waals surface area contributed by atoms with Crippen molar-refractivity contribution in [2.24, 2.45) is 0 Å². The van der Waals surface area contributed by atoms with Crippen LogP contribution in [-0.2, 0) is 20.9 Å². The average molecular weight is 476 g/mol. The Labute approximate surface area is 201 Å². The van der Waals surface area contributed by atoms with Gasteiger partial charge in [-0.15, -0.1) is 0 Å². The topological polar surface area (TPSA) is 136 Å². The molecule has 3 amide bonds. The first kappa shape index (κ1) is 24.9. The van der Waals surface area contributed by atoms with Crippen LogP contribution in [0.3, 0.4) is 0 Å². The number of benzene rings is 1. The van der Waals surface area contributed by atoms with Gasteiger partial charge in [-0.2, -0.15) is 5.26 Å². The summed E-state index contributed by atoms with van der Waals surface area (Å²) in [5.41, 5.74) is 2.95. The third-order valence-electron chi connectivity index (χ3n) is 5.03. The van der Waals surface area contributed by atoms with Crippen molar-refractivity contribution in [2.75, 3.05) is 13.7 Å². The molecule has 0 aliphatic rings. The van der Waals surface area contributed by atoms with Crippen LogP contribution in [0.4, 0.5) is 4.79 Å². The smallest absolute Gasteiger partial charge is 0.349 e. The maximum atomic E-state index is 12.4. The standard InChI is InChI=1S/C25H24N4O6/c1-16-11-18(17(2)29(16)20-6-8-21(33-3)9-7-20)12-19(13-26)24(31)35-15-23(30)28-25(32)27-14-22-5-4-10-34-22/h4-12H,14-15H2,1-3H3,(H2,27,28,30,32)/b19-12-. The molecule has 0 aliphatic carbocycles. The summed E-state index contributed by atoms with van der Waals surface area (Å²) in [5.74, 6) is -0.586. The molecule has 0 saturated heterocycles. The first-order chi connectivity index (χ1) is 16.8. The van der Waals surface area contributed by atoms with Crippen molar-refractivity contribution in [2.45, 2.75) is 20.4 Å². The maximum absolute atomic E-state index is 12.4. The highest BCUT2D eigenvalue weighted by Gasteiger charge is 2.17. The molecule has 35 heavy (non-hydrogen) atoms. The van der Waals surface area contributed by atoms with Crippen molar-refractivity contribution in [3.63, 3.8) is 0 Å². The van der Waals surface area contributed by atoms with Crippen LogP contribution >= 0.6 is 0 Å². The molecule has 2 N–H and O–H groups in total. The summed E-state index contributed by atoms with van der Waals surface area (Å²) in [6.45, 7) is 3.12. The quantitative estimate of drug-likeness (QED) is 0.290. The van der Waals surface area contributed by atoms with E-state index >= 15 is 0 Å². The molecule has 10 heteroatoms. The van der Waals surface area contributed by atoms with Gasteiger partial charge in [0.2, 0.25) is 0 Å². The number of rotatable bonds is 8. The molecular weight excluding hydrogens is 452 g/mol. The second-order valence-corrected chi connectivity index (χ2v) is 7.42. The summed E-state index contributed by atoms with van der Waals surface area (Å²) in [4.78, 5) is 36.0. The molecule has 0 atom stereocenters. The number of nitrogens with zero attached hydrogens (tertiary/aromatic N) is 2. The summed E-state index contributed by atoms with van der Waals surface area (Å²) in [7, 11) is 1.59. The third-order valence-corrected chi connectivity index (χ3v) is 5.03. The van der Waals surface area contributed by atoms with E-state index in [4.69, 9.17) is 13.9 Å². The fourth-order valence-electron chi connectivity index (χ4n) is 3.35. The molecule has 180 valence electrons. The Morgan fingerprint density at radius 3 is 2.54 bits per heavy atom. The second kappa shape index (κ2) is 11.4. The monoisotopic (exact) mass is 476 g/mol. The summed E-state index contributed by atoms with van der Waals surface area (Å²) in [5, 5.41) is 13.9. The Hall–Kier alpha value is -4.78. The zero-order valence-corrected chi connectivity index (χ0v) is 19.5. The van der Waals surface area contributed by atoms with Crippen molar-refractivity contribution in [1.82, 2.24) is 15.2 Å². The molecule has 2 heterocycles. The van der Waals surface area contributed by atoms with Crippen LogP contribution in [0.1, 0.15) is 22.7 Å². The lowest BCUT2D eigenvalue weighted by Gasteiger charge is -2.10. The Balaban J connectivity index is 1.61. The van der Waals surface area contributed by atoms with Gasteiger partial charge in [-0.3, -0.25) is 10.1 Å². The molecular formula is C25H24N4O6. The molecule has 0 unspecified atom stereocenters. The van der Waals surface area contributed by atoms with E-state index in [-0.39, 0.29) is 12.1 Å². The Morgan fingerprint density at radius 1 is 1.17 bits per heavy atom. The third kappa shape index (κ3) is 6.39. The largest absolute Gasteiger partial charge is 0.497 e. The Kier molecular flexibility index (Phi) is 8.08. The number of carbonyl (C=O) groups is 3.